The molecule has 26 heavy (non-hydrogen) atoms. The Kier molecular flexibility index (Phi) is 7.21. The molecule has 2 aromatic carbocycles. The number of amides is 1. The first kappa shape index (κ1) is 19.5. The van der Waals surface area contributed by atoms with Crippen molar-refractivity contribution >= 4 is 11.9 Å². The highest BCUT2D eigenvalue weighted by Gasteiger charge is 2.20. The highest BCUT2D eigenvalue weighted by atomic mass is 16.5. The first-order valence-corrected chi connectivity index (χ1v) is 8.79. The van der Waals surface area contributed by atoms with Crippen molar-refractivity contribution in [2.24, 2.45) is 0 Å². The SMILES string of the molecule is CCOC(=O)C[C@@H](NC(=O)c1ccc(C)cc1)c1ccc(OCC)cc1. The number of rotatable bonds is 8. The van der Waals surface area contributed by atoms with Crippen molar-refractivity contribution in [2.75, 3.05) is 13.2 Å². The molecule has 5 nitrogen and oxygen atoms in total. The van der Waals surface area contributed by atoms with Crippen LogP contribution in [0.4, 0.5) is 0 Å². The second-order valence-corrected chi connectivity index (χ2v) is 5.90. The third kappa shape index (κ3) is 5.62. The minimum absolute atomic E-state index is 0.0689. The molecule has 5 heteroatoms. The van der Waals surface area contributed by atoms with Crippen LogP contribution in [0.5, 0.6) is 5.75 Å². The molecule has 138 valence electrons. The summed E-state index contributed by atoms with van der Waals surface area (Å²) < 4.78 is 10.5. The highest BCUT2D eigenvalue weighted by molar-refractivity contribution is 5.94. The van der Waals surface area contributed by atoms with E-state index >= 15 is 0 Å². The molecule has 0 aliphatic heterocycles. The number of carbonyl (C=O) groups is 2. The van der Waals surface area contributed by atoms with E-state index in [0.29, 0.717) is 18.8 Å². The smallest absolute Gasteiger partial charge is 0.308 e. The molecule has 2 rings (SSSR count). The Morgan fingerprint density at radius 2 is 1.62 bits per heavy atom. The van der Waals surface area contributed by atoms with Gasteiger partial charge in [0, 0.05) is 5.56 Å². The lowest BCUT2D eigenvalue weighted by Gasteiger charge is -2.19. The van der Waals surface area contributed by atoms with E-state index in [2.05, 4.69) is 5.32 Å². The van der Waals surface area contributed by atoms with Crippen LogP contribution in [0.15, 0.2) is 48.5 Å². The van der Waals surface area contributed by atoms with Crippen LogP contribution in [0.2, 0.25) is 0 Å². The fourth-order valence-corrected chi connectivity index (χ4v) is 2.55. The Labute approximate surface area is 154 Å². The van der Waals surface area contributed by atoms with Crippen LogP contribution >= 0.6 is 0 Å². The van der Waals surface area contributed by atoms with Crippen LogP contribution in [-0.2, 0) is 9.53 Å². The lowest BCUT2D eigenvalue weighted by Crippen LogP contribution is -2.30. The summed E-state index contributed by atoms with van der Waals surface area (Å²) in [4.78, 5) is 24.5. The van der Waals surface area contributed by atoms with Gasteiger partial charge in [-0.25, -0.2) is 0 Å². The number of carbonyl (C=O) groups excluding carboxylic acids is 2. The lowest BCUT2D eigenvalue weighted by molar-refractivity contribution is -0.143. The van der Waals surface area contributed by atoms with Crippen LogP contribution < -0.4 is 10.1 Å². The van der Waals surface area contributed by atoms with Gasteiger partial charge in [-0.3, -0.25) is 9.59 Å². The first-order chi connectivity index (χ1) is 12.5. The van der Waals surface area contributed by atoms with Crippen LogP contribution in [0, 0.1) is 6.92 Å². The molecule has 0 bridgehead atoms. The summed E-state index contributed by atoms with van der Waals surface area (Å²) in [6.07, 6.45) is 0.0689. The molecule has 1 amide bonds. The molecule has 0 spiro atoms. The number of benzene rings is 2. The van der Waals surface area contributed by atoms with Gasteiger partial charge in [-0.05, 0) is 50.6 Å². The van der Waals surface area contributed by atoms with E-state index in [1.807, 2.05) is 50.2 Å². The van der Waals surface area contributed by atoms with E-state index in [4.69, 9.17) is 9.47 Å². The van der Waals surface area contributed by atoms with Crippen LogP contribution in [-0.4, -0.2) is 25.1 Å². The zero-order valence-corrected chi connectivity index (χ0v) is 15.5. The Morgan fingerprint density at radius 3 is 2.19 bits per heavy atom. The molecule has 0 saturated heterocycles. The number of hydrogen-bond donors (Lipinski definition) is 1. The number of esters is 1. The molecule has 0 fully saturated rings. The van der Waals surface area contributed by atoms with Gasteiger partial charge >= 0.3 is 5.97 Å². The summed E-state index contributed by atoms with van der Waals surface area (Å²) in [5.41, 5.74) is 2.45. The largest absolute Gasteiger partial charge is 0.494 e. The van der Waals surface area contributed by atoms with Gasteiger partial charge in [0.2, 0.25) is 0 Å². The summed E-state index contributed by atoms with van der Waals surface area (Å²) >= 11 is 0. The zero-order chi connectivity index (χ0) is 18.9. The summed E-state index contributed by atoms with van der Waals surface area (Å²) in [7, 11) is 0. The second kappa shape index (κ2) is 9.61. The summed E-state index contributed by atoms with van der Waals surface area (Å²) in [5.74, 6) is 0.166. The topological polar surface area (TPSA) is 64.6 Å². The van der Waals surface area contributed by atoms with E-state index in [1.165, 1.54) is 0 Å². The maximum Gasteiger partial charge on any atom is 0.308 e. The molecular formula is C21H25NO4. The van der Waals surface area contributed by atoms with Crippen molar-refractivity contribution in [3.8, 4) is 5.75 Å². The molecular weight excluding hydrogens is 330 g/mol. The van der Waals surface area contributed by atoms with Crippen molar-refractivity contribution in [1.29, 1.82) is 0 Å². The maximum atomic E-state index is 12.6. The Morgan fingerprint density at radius 1 is 0.962 bits per heavy atom. The third-order valence-corrected chi connectivity index (χ3v) is 3.89. The molecule has 0 radical (unpaired) electrons. The molecule has 2 aromatic rings. The van der Waals surface area contributed by atoms with Gasteiger partial charge < -0.3 is 14.8 Å². The molecule has 0 aliphatic rings. The van der Waals surface area contributed by atoms with Gasteiger partial charge in [-0.15, -0.1) is 0 Å². The van der Waals surface area contributed by atoms with Gasteiger partial charge in [-0.2, -0.15) is 0 Å². The minimum Gasteiger partial charge on any atom is -0.494 e. The zero-order valence-electron chi connectivity index (χ0n) is 15.5. The Hall–Kier alpha value is -2.82. The van der Waals surface area contributed by atoms with Crippen LogP contribution in [0.1, 0.15) is 47.8 Å². The van der Waals surface area contributed by atoms with Gasteiger partial charge in [0.15, 0.2) is 0 Å². The van der Waals surface area contributed by atoms with Crippen LogP contribution in [0.3, 0.4) is 0 Å². The second-order valence-electron chi connectivity index (χ2n) is 5.90. The third-order valence-electron chi connectivity index (χ3n) is 3.89. The molecule has 0 saturated carbocycles. The minimum atomic E-state index is -0.474. The van der Waals surface area contributed by atoms with Gasteiger partial charge in [0.25, 0.3) is 5.91 Å². The predicted octanol–water partition coefficient (Wildman–Crippen LogP) is 3.82. The molecule has 1 atom stereocenters. The molecule has 0 aromatic heterocycles. The van der Waals surface area contributed by atoms with E-state index in [-0.39, 0.29) is 18.3 Å². The van der Waals surface area contributed by atoms with Crippen molar-refractivity contribution < 1.29 is 19.1 Å². The first-order valence-electron chi connectivity index (χ1n) is 8.79. The summed E-state index contributed by atoms with van der Waals surface area (Å²) in [6, 6.07) is 14.2. The number of nitrogens with one attached hydrogen (secondary N) is 1. The lowest BCUT2D eigenvalue weighted by atomic mass is 10.0. The standard InChI is InChI=1S/C21H25NO4/c1-4-25-18-12-10-16(11-13-18)19(14-20(23)26-5-2)22-21(24)17-8-6-15(3)7-9-17/h6-13,19H,4-5,14H2,1-3H3,(H,22,24)/t19-/m1/s1. The predicted molar refractivity (Wildman–Crippen MR) is 100 cm³/mol. The number of ether oxygens (including phenoxy) is 2. The fraction of sp³-hybridized carbons (Fsp3) is 0.333. The van der Waals surface area contributed by atoms with E-state index in [9.17, 15) is 9.59 Å². The molecule has 0 aliphatic carbocycles. The molecule has 0 unspecified atom stereocenters. The average molecular weight is 355 g/mol. The van der Waals surface area contributed by atoms with Crippen molar-refractivity contribution in [3.05, 3.63) is 65.2 Å². The quantitative estimate of drug-likeness (QED) is 0.731. The summed E-state index contributed by atoms with van der Waals surface area (Å²) in [6.45, 7) is 6.52. The van der Waals surface area contributed by atoms with Crippen molar-refractivity contribution in [1.82, 2.24) is 5.32 Å². The van der Waals surface area contributed by atoms with E-state index in [1.54, 1.807) is 19.1 Å². The normalized spacial score (nSPS) is 11.5. The van der Waals surface area contributed by atoms with Crippen molar-refractivity contribution in [2.45, 2.75) is 33.2 Å². The average Bonchev–Trinajstić information content (AvgIpc) is 2.63. The number of aryl methyl sites for hydroxylation is 1. The number of hydrogen-bond acceptors (Lipinski definition) is 4. The molecule has 0 heterocycles. The Bertz CT molecular complexity index is 723. The monoisotopic (exact) mass is 355 g/mol. The fourth-order valence-electron chi connectivity index (χ4n) is 2.55. The summed E-state index contributed by atoms with van der Waals surface area (Å²) in [5, 5.41) is 2.93. The van der Waals surface area contributed by atoms with Crippen molar-refractivity contribution in [3.63, 3.8) is 0 Å². The van der Waals surface area contributed by atoms with Gasteiger partial charge in [0.05, 0.1) is 25.7 Å². The molecule has 1 N–H and O–H groups in total. The Balaban J connectivity index is 2.18. The van der Waals surface area contributed by atoms with Gasteiger partial charge in [0.1, 0.15) is 5.75 Å². The maximum absolute atomic E-state index is 12.6. The van der Waals surface area contributed by atoms with Gasteiger partial charge in [-0.1, -0.05) is 29.8 Å². The van der Waals surface area contributed by atoms with E-state index in [0.717, 1.165) is 16.9 Å². The van der Waals surface area contributed by atoms with E-state index < -0.39 is 6.04 Å². The highest BCUT2D eigenvalue weighted by Crippen LogP contribution is 2.22. The van der Waals surface area contributed by atoms with Crippen LogP contribution in [0.25, 0.3) is 0 Å².